The number of sulfonamides is 1. The molecule has 2 aromatic carbocycles. The van der Waals surface area contributed by atoms with Crippen molar-refractivity contribution in [2.24, 2.45) is 5.92 Å². The first-order valence-electron chi connectivity index (χ1n) is 19.1. The lowest BCUT2D eigenvalue weighted by Crippen LogP contribution is -2.45. The highest BCUT2D eigenvalue weighted by molar-refractivity contribution is 7.89. The van der Waals surface area contributed by atoms with Crippen molar-refractivity contribution in [2.75, 3.05) is 19.8 Å². The van der Waals surface area contributed by atoms with E-state index in [4.69, 9.17) is 21.4 Å². The number of hydrogen-bond acceptors (Lipinski definition) is 10. The van der Waals surface area contributed by atoms with Gasteiger partial charge in [-0.15, -0.1) is 0 Å². The number of ether oxygens (including phenoxy) is 1. The van der Waals surface area contributed by atoms with Crippen LogP contribution in [0.25, 0.3) is 11.1 Å². The van der Waals surface area contributed by atoms with Gasteiger partial charge in [0.25, 0.3) is 0 Å². The fraction of sp³-hybridized carbons (Fsp3) is 0.561. The highest BCUT2D eigenvalue weighted by Gasteiger charge is 2.45. The second-order valence-corrected chi connectivity index (χ2v) is 17.5. The quantitative estimate of drug-likeness (QED) is 0.0803. The number of benzene rings is 2. The van der Waals surface area contributed by atoms with Crippen LogP contribution in [-0.2, 0) is 26.7 Å². The molecular formula is C41H55ClN2O9S. The number of aryl methyl sites for hydroxylation is 1. The SMILES string of the molecule is CC(C)N(CCCCCC(=O)C[C@@H](CO)[C@@H](O)[C@H](O)[C@H](O)CO)S(=O)(=O)c1ccc(Cl)c(CCC2(c3cnccc3-c3ccccc3OC3CC3)CC2)c1. The molecule has 5 rings (SSSR count). The number of halogens is 1. The maximum atomic E-state index is 14.0. The summed E-state index contributed by atoms with van der Waals surface area (Å²) >= 11 is 6.70. The number of nitrogens with zero attached hydrogens (tertiary/aromatic N) is 2. The molecule has 0 spiro atoms. The van der Waals surface area contributed by atoms with E-state index in [9.17, 15) is 33.6 Å². The van der Waals surface area contributed by atoms with Crippen LogP contribution >= 0.6 is 11.6 Å². The molecule has 0 bridgehead atoms. The van der Waals surface area contributed by atoms with Crippen LogP contribution in [0.15, 0.2) is 65.8 Å². The van der Waals surface area contributed by atoms with Crippen LogP contribution in [0.2, 0.25) is 5.02 Å². The lowest BCUT2D eigenvalue weighted by Gasteiger charge is -2.27. The maximum absolute atomic E-state index is 14.0. The van der Waals surface area contributed by atoms with Gasteiger partial charge >= 0.3 is 0 Å². The van der Waals surface area contributed by atoms with Gasteiger partial charge in [-0.25, -0.2) is 8.42 Å². The van der Waals surface area contributed by atoms with E-state index >= 15 is 0 Å². The van der Waals surface area contributed by atoms with E-state index in [1.807, 2.05) is 44.4 Å². The smallest absolute Gasteiger partial charge is 0.243 e. The van der Waals surface area contributed by atoms with Gasteiger partial charge in [0.05, 0.1) is 23.7 Å². The fourth-order valence-corrected chi connectivity index (χ4v) is 9.09. The predicted molar refractivity (Wildman–Crippen MR) is 207 cm³/mol. The van der Waals surface area contributed by atoms with Gasteiger partial charge < -0.3 is 30.3 Å². The summed E-state index contributed by atoms with van der Waals surface area (Å²) in [5.74, 6) is -0.341. The highest BCUT2D eigenvalue weighted by Crippen LogP contribution is 2.55. The normalized spacial score (nSPS) is 17.7. The van der Waals surface area contributed by atoms with E-state index in [2.05, 4.69) is 17.1 Å². The van der Waals surface area contributed by atoms with Crippen molar-refractivity contribution in [2.45, 2.75) is 125 Å². The lowest BCUT2D eigenvalue weighted by atomic mass is 9.85. The minimum atomic E-state index is -3.87. The molecule has 4 atom stereocenters. The predicted octanol–water partition coefficient (Wildman–Crippen LogP) is 5.21. The van der Waals surface area contributed by atoms with Crippen molar-refractivity contribution in [3.05, 3.63) is 77.1 Å². The van der Waals surface area contributed by atoms with Gasteiger partial charge in [-0.05, 0) is 118 Å². The third-order valence-electron chi connectivity index (χ3n) is 10.8. The molecule has 296 valence electrons. The number of aromatic nitrogens is 1. The summed E-state index contributed by atoms with van der Waals surface area (Å²) in [6.45, 7) is 2.57. The van der Waals surface area contributed by atoms with Crippen LogP contribution in [0.3, 0.4) is 0 Å². The standard InChI is InChI=1S/C41H55ClN2O9S/c1-27(2)44(21-7-3-4-8-30(47)22-29(25-45)39(49)40(50)37(48)26-46)54(51,52)32-13-14-36(42)28(23-32)15-17-41(18-19-41)35-24-43-20-16-33(35)34-9-5-6-10-38(34)53-31-11-12-31/h5-6,9-10,13-14,16,20,23-24,27,29,31,37,39-40,45-46,48-50H,3-4,7-8,11-12,15,17-19,21-22,25-26H2,1-2H3/t29-,37+,39+,40+/m0/s1. The molecule has 3 aromatic rings. The van der Waals surface area contributed by atoms with E-state index in [1.165, 1.54) is 9.87 Å². The maximum Gasteiger partial charge on any atom is 0.243 e. The van der Waals surface area contributed by atoms with Gasteiger partial charge in [0.15, 0.2) is 0 Å². The molecule has 2 saturated carbocycles. The van der Waals surface area contributed by atoms with Crippen molar-refractivity contribution < 1.29 is 43.5 Å². The molecule has 5 N–H and O–H groups in total. The van der Waals surface area contributed by atoms with Gasteiger partial charge in [-0.2, -0.15) is 4.31 Å². The molecular weight excluding hydrogens is 732 g/mol. The van der Waals surface area contributed by atoms with E-state index in [0.717, 1.165) is 54.5 Å². The number of carbonyl (C=O) groups excluding carboxylic acids is 1. The molecule has 1 aromatic heterocycles. The highest BCUT2D eigenvalue weighted by atomic mass is 35.5. The van der Waals surface area contributed by atoms with Crippen LogP contribution in [0.4, 0.5) is 0 Å². The zero-order chi connectivity index (χ0) is 39.0. The molecule has 0 saturated heterocycles. The molecule has 0 unspecified atom stereocenters. The first-order valence-corrected chi connectivity index (χ1v) is 20.9. The number of rotatable bonds is 23. The number of aliphatic hydroxyl groups excluding tert-OH is 5. The number of ketones is 1. The van der Waals surface area contributed by atoms with Gasteiger partial charge in [0.1, 0.15) is 23.7 Å². The van der Waals surface area contributed by atoms with E-state index in [1.54, 1.807) is 18.2 Å². The van der Waals surface area contributed by atoms with Crippen LogP contribution in [0.1, 0.15) is 89.2 Å². The summed E-state index contributed by atoms with van der Waals surface area (Å²) in [4.78, 5) is 17.3. The largest absolute Gasteiger partial charge is 0.490 e. The number of carbonyl (C=O) groups is 1. The zero-order valence-corrected chi connectivity index (χ0v) is 32.8. The van der Waals surface area contributed by atoms with Crippen molar-refractivity contribution in [1.82, 2.24) is 9.29 Å². The van der Waals surface area contributed by atoms with Crippen molar-refractivity contribution in [3.8, 4) is 16.9 Å². The number of unbranched alkanes of at least 4 members (excludes halogenated alkanes) is 2. The molecule has 54 heavy (non-hydrogen) atoms. The monoisotopic (exact) mass is 786 g/mol. The van der Waals surface area contributed by atoms with Crippen LogP contribution in [0, 0.1) is 5.92 Å². The van der Waals surface area contributed by atoms with Crippen molar-refractivity contribution >= 4 is 27.4 Å². The van der Waals surface area contributed by atoms with Crippen molar-refractivity contribution in [3.63, 3.8) is 0 Å². The Morgan fingerprint density at radius 1 is 0.981 bits per heavy atom. The summed E-state index contributed by atoms with van der Waals surface area (Å²) < 4.78 is 35.8. The van der Waals surface area contributed by atoms with Crippen molar-refractivity contribution in [1.29, 1.82) is 0 Å². The summed E-state index contributed by atoms with van der Waals surface area (Å²) in [5.41, 5.74) is 4.02. The minimum Gasteiger partial charge on any atom is -0.490 e. The van der Waals surface area contributed by atoms with E-state index < -0.39 is 47.5 Å². The number of Topliss-reactive ketones (excluding diaryl/α,β-unsaturated/α-hetero) is 1. The second-order valence-electron chi connectivity index (χ2n) is 15.2. The third-order valence-corrected chi connectivity index (χ3v) is 13.2. The van der Waals surface area contributed by atoms with Gasteiger partial charge in [0.2, 0.25) is 10.0 Å². The fourth-order valence-electron chi connectivity index (χ4n) is 7.15. The molecule has 2 aliphatic rings. The Kier molecular flexibility index (Phi) is 14.7. The Labute approximate surface area is 324 Å². The Bertz CT molecular complexity index is 1820. The summed E-state index contributed by atoms with van der Waals surface area (Å²) in [6.07, 6.45) is 6.24. The lowest BCUT2D eigenvalue weighted by molar-refractivity contribution is -0.127. The van der Waals surface area contributed by atoms with Crippen LogP contribution in [0.5, 0.6) is 5.75 Å². The number of para-hydroxylation sites is 1. The molecule has 0 radical (unpaired) electrons. The Balaban J connectivity index is 1.19. The average Bonchev–Trinajstić information content (AvgIpc) is 4.11. The molecule has 0 amide bonds. The molecule has 2 fully saturated rings. The van der Waals surface area contributed by atoms with Crippen LogP contribution < -0.4 is 4.74 Å². The minimum absolute atomic E-state index is 0.0949. The second kappa shape index (κ2) is 18.8. The first-order chi connectivity index (χ1) is 25.8. The molecule has 11 nitrogen and oxygen atoms in total. The van der Waals surface area contributed by atoms with Gasteiger partial charge in [-0.3, -0.25) is 9.78 Å². The van der Waals surface area contributed by atoms with E-state index in [0.29, 0.717) is 30.7 Å². The Hall–Kier alpha value is -2.94. The zero-order valence-electron chi connectivity index (χ0n) is 31.2. The first kappa shape index (κ1) is 42.2. The summed E-state index contributed by atoms with van der Waals surface area (Å²) in [5, 5.41) is 49.0. The topological polar surface area (TPSA) is 178 Å². The van der Waals surface area contributed by atoms with Crippen LogP contribution in [-0.4, -0.2) is 99.2 Å². The number of aliphatic hydroxyl groups is 5. The van der Waals surface area contributed by atoms with Gasteiger partial charge in [0, 0.05) is 60.9 Å². The summed E-state index contributed by atoms with van der Waals surface area (Å²) in [7, 11) is -3.87. The molecule has 0 aliphatic heterocycles. The number of pyridine rings is 1. The summed E-state index contributed by atoms with van der Waals surface area (Å²) in [6, 6.07) is 14.8. The Morgan fingerprint density at radius 2 is 1.72 bits per heavy atom. The van der Waals surface area contributed by atoms with Gasteiger partial charge in [-0.1, -0.05) is 36.2 Å². The molecule has 13 heteroatoms. The van der Waals surface area contributed by atoms with E-state index in [-0.39, 0.29) is 47.6 Å². The third kappa shape index (κ3) is 10.5. The molecule has 1 heterocycles. The average molecular weight is 787 g/mol. The Morgan fingerprint density at radius 3 is 2.39 bits per heavy atom. The number of hydrogen-bond donors (Lipinski definition) is 5. The molecule has 2 aliphatic carbocycles.